The van der Waals surface area contributed by atoms with Crippen LogP contribution < -0.4 is 0 Å². The third-order valence-corrected chi connectivity index (χ3v) is 5.99. The monoisotopic (exact) mass is 425 g/mol. The molecule has 0 unspecified atom stereocenters. The third kappa shape index (κ3) is 10.8. The van der Waals surface area contributed by atoms with Crippen LogP contribution in [0.5, 0.6) is 0 Å². The molecule has 0 bridgehead atoms. The third-order valence-electron chi connectivity index (χ3n) is 5.99. The Bertz CT molecular complexity index is 750. The number of fused-ring (bicyclic) bond motifs is 1. The van der Waals surface area contributed by atoms with Crippen LogP contribution in [0.15, 0.2) is 36.4 Å². The Hall–Kier alpha value is -1.97. The zero-order valence-electron chi connectivity index (χ0n) is 19.7. The number of hydrogen-bond donors (Lipinski definition) is 0. The summed E-state index contributed by atoms with van der Waals surface area (Å²) in [5.41, 5.74) is 1.59. The van der Waals surface area contributed by atoms with Crippen molar-refractivity contribution < 1.29 is 4.79 Å². The molecule has 0 radical (unpaired) electrons. The first-order valence-electron chi connectivity index (χ1n) is 12.8. The molecule has 0 aliphatic carbocycles. The highest BCUT2D eigenvalue weighted by atomic mass is 16.2. The van der Waals surface area contributed by atoms with Gasteiger partial charge in [0.15, 0.2) is 0 Å². The molecule has 1 aromatic heterocycles. The van der Waals surface area contributed by atoms with Gasteiger partial charge in [-0.25, -0.2) is 0 Å². The summed E-state index contributed by atoms with van der Waals surface area (Å²) in [6, 6.07) is 7.62. The largest absolute Gasteiger partial charge is 0.273 e. The van der Waals surface area contributed by atoms with E-state index in [1.54, 1.807) is 0 Å². The number of carbonyl (C=O) groups excluding carboxylic acids is 1. The minimum absolute atomic E-state index is 0.0528. The second-order valence-corrected chi connectivity index (χ2v) is 8.78. The summed E-state index contributed by atoms with van der Waals surface area (Å²) in [4.78, 5) is 12.3. The number of aromatic nitrogens is 3. The van der Waals surface area contributed by atoms with Crippen LogP contribution in [0.4, 0.5) is 0 Å². The van der Waals surface area contributed by atoms with Crippen molar-refractivity contribution in [2.75, 3.05) is 0 Å². The minimum Gasteiger partial charge on any atom is -0.273 e. The van der Waals surface area contributed by atoms with Crippen molar-refractivity contribution in [1.82, 2.24) is 15.0 Å². The number of carbonyl (C=O) groups is 1. The van der Waals surface area contributed by atoms with E-state index < -0.39 is 0 Å². The molecule has 172 valence electrons. The van der Waals surface area contributed by atoms with Crippen LogP contribution >= 0.6 is 0 Å². The Morgan fingerprint density at radius 3 is 1.97 bits per heavy atom. The molecular weight excluding hydrogens is 382 g/mol. The summed E-state index contributed by atoms with van der Waals surface area (Å²) in [6.07, 6.45) is 26.1. The molecule has 0 amide bonds. The standard InChI is InChI=1S/C27H43N3O/c1-2-3-4-5-6-7-8-9-10-11-12-13-14-15-16-17-18-19-24-27(31)30-26-23-21-20-22-25(26)28-29-30/h10-11,20-23H,2-9,12-19,24H2,1H3/b11-10+. The van der Waals surface area contributed by atoms with E-state index >= 15 is 0 Å². The first kappa shape index (κ1) is 25.3. The van der Waals surface area contributed by atoms with Crippen molar-refractivity contribution in [3.63, 3.8) is 0 Å². The summed E-state index contributed by atoms with van der Waals surface area (Å²) in [7, 11) is 0. The number of allylic oxidation sites excluding steroid dienone is 2. The lowest BCUT2D eigenvalue weighted by molar-refractivity contribution is 0.0886. The predicted octanol–water partition coefficient (Wildman–Crippen LogP) is 8.28. The van der Waals surface area contributed by atoms with Crippen LogP contribution in [0.2, 0.25) is 0 Å². The lowest BCUT2D eigenvalue weighted by atomic mass is 10.1. The van der Waals surface area contributed by atoms with Gasteiger partial charge in [0.2, 0.25) is 5.91 Å². The van der Waals surface area contributed by atoms with E-state index in [0.29, 0.717) is 6.42 Å². The van der Waals surface area contributed by atoms with Gasteiger partial charge in [0.25, 0.3) is 0 Å². The number of hydrogen-bond acceptors (Lipinski definition) is 3. The second-order valence-electron chi connectivity index (χ2n) is 8.78. The summed E-state index contributed by atoms with van der Waals surface area (Å²) in [5.74, 6) is 0.0528. The minimum atomic E-state index is 0.0528. The topological polar surface area (TPSA) is 47.8 Å². The maximum absolute atomic E-state index is 12.3. The van der Waals surface area contributed by atoms with Gasteiger partial charge in [-0.05, 0) is 44.2 Å². The van der Waals surface area contributed by atoms with Crippen molar-refractivity contribution in [1.29, 1.82) is 0 Å². The fraction of sp³-hybridized carbons (Fsp3) is 0.667. The quantitative estimate of drug-likeness (QED) is 0.178. The fourth-order valence-electron chi connectivity index (χ4n) is 4.04. The van der Waals surface area contributed by atoms with Crippen LogP contribution in [-0.2, 0) is 0 Å². The molecule has 0 aliphatic rings. The van der Waals surface area contributed by atoms with Crippen molar-refractivity contribution in [3.05, 3.63) is 36.4 Å². The molecule has 0 N–H and O–H groups in total. The van der Waals surface area contributed by atoms with Gasteiger partial charge in [-0.3, -0.25) is 4.79 Å². The van der Waals surface area contributed by atoms with E-state index in [0.717, 1.165) is 23.9 Å². The lowest BCUT2D eigenvalue weighted by Crippen LogP contribution is -2.12. The van der Waals surface area contributed by atoms with E-state index in [4.69, 9.17) is 0 Å². The van der Waals surface area contributed by atoms with Gasteiger partial charge in [0.1, 0.15) is 5.52 Å². The Kier molecular flexibility index (Phi) is 13.6. The molecule has 0 fully saturated rings. The Balaban J connectivity index is 1.36. The lowest BCUT2D eigenvalue weighted by Gasteiger charge is -2.03. The summed E-state index contributed by atoms with van der Waals surface area (Å²) < 4.78 is 1.45. The molecule has 0 aliphatic heterocycles. The van der Waals surface area contributed by atoms with Gasteiger partial charge < -0.3 is 0 Å². The van der Waals surface area contributed by atoms with Crippen molar-refractivity contribution in [3.8, 4) is 0 Å². The number of nitrogens with zero attached hydrogens (tertiary/aromatic N) is 3. The molecule has 2 aromatic rings. The van der Waals surface area contributed by atoms with Crippen LogP contribution in [0, 0.1) is 0 Å². The maximum atomic E-state index is 12.3. The van der Waals surface area contributed by atoms with Crippen LogP contribution in [0.25, 0.3) is 11.0 Å². The molecule has 1 heterocycles. The SMILES string of the molecule is CCCCCCCCC/C=C/CCCCCCCCCC(=O)n1nnc2ccccc21. The number of rotatable bonds is 18. The van der Waals surface area contributed by atoms with Crippen LogP contribution in [0.1, 0.15) is 121 Å². The van der Waals surface area contributed by atoms with E-state index in [1.807, 2.05) is 24.3 Å². The molecule has 4 nitrogen and oxygen atoms in total. The summed E-state index contributed by atoms with van der Waals surface area (Å²) in [6.45, 7) is 2.28. The summed E-state index contributed by atoms with van der Waals surface area (Å²) >= 11 is 0. The van der Waals surface area contributed by atoms with E-state index in [-0.39, 0.29) is 5.91 Å². The van der Waals surface area contributed by atoms with Crippen molar-refractivity contribution >= 4 is 16.9 Å². The number of benzene rings is 1. The van der Waals surface area contributed by atoms with Gasteiger partial charge in [-0.15, -0.1) is 5.10 Å². The smallest absolute Gasteiger partial charge is 0.248 e. The zero-order valence-corrected chi connectivity index (χ0v) is 19.7. The molecule has 0 atom stereocenters. The van der Waals surface area contributed by atoms with E-state index in [2.05, 4.69) is 29.4 Å². The maximum Gasteiger partial charge on any atom is 0.248 e. The summed E-state index contributed by atoms with van der Waals surface area (Å²) in [5, 5.41) is 8.06. The molecule has 1 aromatic carbocycles. The van der Waals surface area contributed by atoms with Crippen molar-refractivity contribution in [2.45, 2.75) is 116 Å². The average molecular weight is 426 g/mol. The molecule has 31 heavy (non-hydrogen) atoms. The van der Waals surface area contributed by atoms with E-state index in [1.165, 1.54) is 94.6 Å². The molecular formula is C27H43N3O. The zero-order chi connectivity index (χ0) is 22.0. The van der Waals surface area contributed by atoms with Gasteiger partial charge in [-0.2, -0.15) is 4.68 Å². The number of unbranched alkanes of at least 4 members (excludes halogenated alkanes) is 14. The average Bonchev–Trinajstić information content (AvgIpc) is 3.22. The highest BCUT2D eigenvalue weighted by Crippen LogP contribution is 2.14. The highest BCUT2D eigenvalue weighted by molar-refractivity contribution is 5.88. The van der Waals surface area contributed by atoms with Gasteiger partial charge in [0.05, 0.1) is 5.52 Å². The van der Waals surface area contributed by atoms with Gasteiger partial charge >= 0.3 is 0 Å². The first-order chi connectivity index (χ1) is 15.3. The predicted molar refractivity (Wildman–Crippen MR) is 131 cm³/mol. The van der Waals surface area contributed by atoms with Gasteiger partial charge in [-0.1, -0.05) is 107 Å². The number of para-hydroxylation sites is 1. The Labute approximate surface area is 189 Å². The van der Waals surface area contributed by atoms with Crippen molar-refractivity contribution in [2.24, 2.45) is 0 Å². The molecule has 4 heteroatoms. The second kappa shape index (κ2) is 16.7. The molecule has 0 saturated carbocycles. The normalized spacial score (nSPS) is 11.6. The highest BCUT2D eigenvalue weighted by Gasteiger charge is 2.10. The van der Waals surface area contributed by atoms with Crippen LogP contribution in [-0.4, -0.2) is 20.9 Å². The van der Waals surface area contributed by atoms with Gasteiger partial charge in [0, 0.05) is 6.42 Å². The van der Waals surface area contributed by atoms with E-state index in [9.17, 15) is 4.79 Å². The Morgan fingerprint density at radius 1 is 0.774 bits per heavy atom. The van der Waals surface area contributed by atoms with Crippen LogP contribution in [0.3, 0.4) is 0 Å². The molecule has 0 spiro atoms. The Morgan fingerprint density at radius 2 is 1.32 bits per heavy atom. The molecule has 2 rings (SSSR count). The first-order valence-corrected chi connectivity index (χ1v) is 12.8. The molecule has 0 saturated heterocycles. The fourth-order valence-corrected chi connectivity index (χ4v) is 4.04.